The Morgan fingerprint density at radius 1 is 1.12 bits per heavy atom. The first kappa shape index (κ1) is 24.5. The lowest BCUT2D eigenvalue weighted by atomic mass is 10.2. The van der Waals surface area contributed by atoms with Crippen LogP contribution in [-0.4, -0.2) is 63.2 Å². The third-order valence-corrected chi connectivity index (χ3v) is 5.64. The molecule has 2 amide bonds. The molecule has 8 heteroatoms. The number of carbonyl (C=O) groups is 2. The van der Waals surface area contributed by atoms with Gasteiger partial charge in [-0.05, 0) is 42.8 Å². The van der Waals surface area contributed by atoms with Gasteiger partial charge in [0.2, 0.25) is 11.8 Å². The maximum Gasteiger partial charge on any atom is 0.244 e. The Morgan fingerprint density at radius 3 is 2.52 bits per heavy atom. The maximum absolute atomic E-state index is 12.5. The molecule has 176 valence electrons. The quantitative estimate of drug-likeness (QED) is 0.566. The molecule has 1 aliphatic heterocycles. The number of para-hydroxylation sites is 1. The molecule has 0 aromatic heterocycles. The lowest BCUT2D eigenvalue weighted by Crippen LogP contribution is -2.49. The molecule has 0 bridgehead atoms. The third kappa shape index (κ3) is 6.89. The number of halogens is 1. The summed E-state index contributed by atoms with van der Waals surface area (Å²) >= 11 is 6.26. The number of carbonyl (C=O) groups excluding carboxylic acids is 2. The molecule has 33 heavy (non-hydrogen) atoms. The summed E-state index contributed by atoms with van der Waals surface area (Å²) in [5.74, 6) is 0.754. The molecule has 3 rings (SSSR count). The number of methoxy groups -OCH3 is 1. The summed E-state index contributed by atoms with van der Waals surface area (Å²) in [7, 11) is 1.53. The highest BCUT2D eigenvalue weighted by atomic mass is 35.5. The standard InChI is InChI=1S/C25H30ClN3O4/c1-3-33-25-21(26)17-19(18-22(25)32-2)9-10-23(30)27-12-11-24(31)29-15-13-28(14-16-29)20-7-5-4-6-8-20/h4-10,17-18H,3,11-16H2,1-2H3,(H,27,30)/b10-9+. The van der Waals surface area contributed by atoms with Gasteiger partial charge in [-0.1, -0.05) is 29.8 Å². The van der Waals surface area contributed by atoms with Crippen LogP contribution in [0.4, 0.5) is 5.69 Å². The predicted octanol–water partition coefficient (Wildman–Crippen LogP) is 3.62. The van der Waals surface area contributed by atoms with Gasteiger partial charge >= 0.3 is 0 Å². The molecular weight excluding hydrogens is 442 g/mol. The fourth-order valence-electron chi connectivity index (χ4n) is 3.65. The Bertz CT molecular complexity index is 973. The predicted molar refractivity (Wildman–Crippen MR) is 131 cm³/mol. The van der Waals surface area contributed by atoms with Crippen LogP contribution in [0.1, 0.15) is 18.9 Å². The first-order valence-electron chi connectivity index (χ1n) is 11.1. The van der Waals surface area contributed by atoms with Gasteiger partial charge in [-0.15, -0.1) is 0 Å². The average Bonchev–Trinajstić information content (AvgIpc) is 2.84. The number of ether oxygens (including phenoxy) is 2. The van der Waals surface area contributed by atoms with Crippen molar-refractivity contribution in [3.8, 4) is 11.5 Å². The van der Waals surface area contributed by atoms with Gasteiger partial charge in [0, 0.05) is 50.9 Å². The fraction of sp³-hybridized carbons (Fsp3) is 0.360. The molecule has 0 radical (unpaired) electrons. The minimum atomic E-state index is -0.277. The number of rotatable bonds is 9. The average molecular weight is 472 g/mol. The number of piperazine rings is 1. The van der Waals surface area contributed by atoms with Crippen LogP contribution in [0.3, 0.4) is 0 Å². The second-order valence-electron chi connectivity index (χ2n) is 7.54. The van der Waals surface area contributed by atoms with Gasteiger partial charge in [0.15, 0.2) is 11.5 Å². The van der Waals surface area contributed by atoms with E-state index in [4.69, 9.17) is 21.1 Å². The van der Waals surface area contributed by atoms with Gasteiger partial charge in [0.05, 0.1) is 18.7 Å². The summed E-state index contributed by atoms with van der Waals surface area (Å²) < 4.78 is 10.8. The topological polar surface area (TPSA) is 71.1 Å². The molecule has 2 aromatic carbocycles. The van der Waals surface area contributed by atoms with E-state index in [9.17, 15) is 9.59 Å². The normalized spacial score (nSPS) is 13.8. The van der Waals surface area contributed by atoms with Crippen LogP contribution in [0.25, 0.3) is 6.08 Å². The van der Waals surface area contributed by atoms with Gasteiger partial charge in [-0.3, -0.25) is 9.59 Å². The number of hydrogen-bond donors (Lipinski definition) is 1. The van der Waals surface area contributed by atoms with Gasteiger partial charge in [-0.25, -0.2) is 0 Å². The van der Waals surface area contributed by atoms with Gasteiger partial charge < -0.3 is 24.6 Å². The van der Waals surface area contributed by atoms with Crippen LogP contribution >= 0.6 is 11.6 Å². The maximum atomic E-state index is 12.5. The zero-order valence-electron chi connectivity index (χ0n) is 19.1. The Morgan fingerprint density at radius 2 is 1.85 bits per heavy atom. The van der Waals surface area contributed by atoms with Crippen LogP contribution in [0, 0.1) is 0 Å². The molecule has 1 fully saturated rings. The SMILES string of the molecule is CCOc1c(Cl)cc(/C=C/C(=O)NCCC(=O)N2CCN(c3ccccc3)CC2)cc1OC. The lowest BCUT2D eigenvalue weighted by molar-refractivity contribution is -0.131. The summed E-state index contributed by atoms with van der Waals surface area (Å²) in [5, 5.41) is 3.17. The highest BCUT2D eigenvalue weighted by Crippen LogP contribution is 2.36. The van der Waals surface area contributed by atoms with Crippen molar-refractivity contribution in [3.63, 3.8) is 0 Å². The zero-order chi connectivity index (χ0) is 23.6. The van der Waals surface area contributed by atoms with E-state index in [2.05, 4.69) is 22.3 Å². The third-order valence-electron chi connectivity index (χ3n) is 5.36. The molecule has 0 aliphatic carbocycles. The van der Waals surface area contributed by atoms with E-state index >= 15 is 0 Å². The van der Waals surface area contributed by atoms with Crippen LogP contribution in [0.15, 0.2) is 48.5 Å². The van der Waals surface area contributed by atoms with Crippen molar-refractivity contribution in [2.24, 2.45) is 0 Å². The highest BCUT2D eigenvalue weighted by molar-refractivity contribution is 6.32. The second-order valence-corrected chi connectivity index (χ2v) is 7.95. The Hall–Kier alpha value is -3.19. The van der Waals surface area contributed by atoms with Crippen molar-refractivity contribution < 1.29 is 19.1 Å². The van der Waals surface area contributed by atoms with Gasteiger partial charge in [0.25, 0.3) is 0 Å². The first-order chi connectivity index (χ1) is 16.0. The number of nitrogens with one attached hydrogen (secondary N) is 1. The van der Waals surface area contributed by atoms with E-state index < -0.39 is 0 Å². The number of anilines is 1. The summed E-state index contributed by atoms with van der Waals surface area (Å²) in [6.45, 7) is 5.59. The summed E-state index contributed by atoms with van der Waals surface area (Å²) in [5.41, 5.74) is 1.89. The molecule has 1 saturated heterocycles. The second kappa shape index (κ2) is 12.2. The Kier molecular flexibility index (Phi) is 9.01. The Balaban J connectivity index is 1.43. The molecule has 0 spiro atoms. The number of nitrogens with zero attached hydrogens (tertiary/aromatic N) is 2. The molecule has 1 N–H and O–H groups in total. The smallest absolute Gasteiger partial charge is 0.244 e. The lowest BCUT2D eigenvalue weighted by Gasteiger charge is -2.36. The molecule has 0 unspecified atom stereocenters. The molecule has 7 nitrogen and oxygen atoms in total. The highest BCUT2D eigenvalue weighted by Gasteiger charge is 2.20. The van der Waals surface area contributed by atoms with E-state index in [1.54, 1.807) is 18.2 Å². The van der Waals surface area contributed by atoms with Crippen molar-refractivity contribution >= 4 is 35.2 Å². The van der Waals surface area contributed by atoms with E-state index in [0.29, 0.717) is 41.8 Å². The summed E-state index contributed by atoms with van der Waals surface area (Å²) in [4.78, 5) is 28.8. The summed E-state index contributed by atoms with van der Waals surface area (Å²) in [6.07, 6.45) is 3.33. The first-order valence-corrected chi connectivity index (χ1v) is 11.4. The van der Waals surface area contributed by atoms with Crippen molar-refractivity contribution in [3.05, 3.63) is 59.1 Å². The van der Waals surface area contributed by atoms with Crippen LogP contribution in [0.2, 0.25) is 5.02 Å². The molecule has 2 aromatic rings. The molecule has 0 saturated carbocycles. The van der Waals surface area contributed by atoms with Crippen molar-refractivity contribution in [2.45, 2.75) is 13.3 Å². The molecular formula is C25H30ClN3O4. The minimum absolute atomic E-state index is 0.0509. The van der Waals surface area contributed by atoms with Crippen LogP contribution in [0.5, 0.6) is 11.5 Å². The monoisotopic (exact) mass is 471 g/mol. The number of hydrogen-bond acceptors (Lipinski definition) is 5. The number of benzene rings is 2. The molecule has 1 aliphatic rings. The van der Waals surface area contributed by atoms with Crippen molar-refractivity contribution in [1.82, 2.24) is 10.2 Å². The largest absolute Gasteiger partial charge is 0.493 e. The van der Waals surface area contributed by atoms with E-state index in [1.807, 2.05) is 30.0 Å². The zero-order valence-corrected chi connectivity index (χ0v) is 19.8. The van der Waals surface area contributed by atoms with Crippen LogP contribution < -0.4 is 19.7 Å². The van der Waals surface area contributed by atoms with E-state index in [0.717, 1.165) is 13.1 Å². The van der Waals surface area contributed by atoms with Gasteiger partial charge in [0.1, 0.15) is 0 Å². The Labute approximate surface area is 199 Å². The van der Waals surface area contributed by atoms with Gasteiger partial charge in [-0.2, -0.15) is 0 Å². The van der Waals surface area contributed by atoms with Crippen molar-refractivity contribution in [2.75, 3.05) is 51.3 Å². The number of amides is 2. The van der Waals surface area contributed by atoms with E-state index in [-0.39, 0.29) is 24.8 Å². The summed E-state index contributed by atoms with van der Waals surface area (Å²) in [6, 6.07) is 13.7. The minimum Gasteiger partial charge on any atom is -0.493 e. The molecule has 1 heterocycles. The molecule has 0 atom stereocenters. The van der Waals surface area contributed by atoms with Crippen molar-refractivity contribution in [1.29, 1.82) is 0 Å². The van der Waals surface area contributed by atoms with E-state index in [1.165, 1.54) is 18.9 Å². The fourth-order valence-corrected chi connectivity index (χ4v) is 3.93. The van der Waals surface area contributed by atoms with Crippen LogP contribution in [-0.2, 0) is 9.59 Å².